The van der Waals surface area contributed by atoms with Gasteiger partial charge in [0.1, 0.15) is 17.8 Å². The number of fused-ring (bicyclic) bond motifs is 2. The van der Waals surface area contributed by atoms with Crippen LogP contribution in [-0.4, -0.2) is 150 Å². The normalized spacial score (nSPS) is 22.6. The van der Waals surface area contributed by atoms with Crippen LogP contribution in [0.3, 0.4) is 0 Å². The number of rotatable bonds is 11. The number of nitrogens with one attached hydrogen (secondary N) is 2. The van der Waals surface area contributed by atoms with Crippen LogP contribution < -0.4 is 26.2 Å². The Kier molecular flexibility index (Phi) is 14.1. The Balaban J connectivity index is 0.686. The van der Waals surface area contributed by atoms with E-state index in [1.54, 1.807) is 23.5 Å². The molecule has 19 heteroatoms. The number of para-hydroxylation sites is 1. The number of carbonyl (C=O) groups is 3. The highest BCUT2D eigenvalue weighted by atomic mass is 32.1. The van der Waals surface area contributed by atoms with Crippen LogP contribution in [0.1, 0.15) is 88.5 Å². The molecule has 5 aliphatic rings. The fraction of sp³-hybridized carbons (Fsp3) is 0.509. The number of hydrogen-bond acceptors (Lipinski definition) is 15. The van der Waals surface area contributed by atoms with E-state index in [-0.39, 0.29) is 55.2 Å². The van der Waals surface area contributed by atoms with Gasteiger partial charge in [-0.25, -0.2) is 19.7 Å². The van der Waals surface area contributed by atoms with Crippen LogP contribution in [-0.2, 0) is 16.1 Å². The van der Waals surface area contributed by atoms with Crippen molar-refractivity contribution in [2.75, 3.05) is 61.3 Å². The number of likely N-dealkylation sites (tertiary alicyclic amines) is 3. The Bertz CT molecular complexity index is 2720. The second kappa shape index (κ2) is 20.6. The average molecular weight is 998 g/mol. The first-order valence-corrected chi connectivity index (χ1v) is 26.4. The van der Waals surface area contributed by atoms with Crippen molar-refractivity contribution in [3.05, 3.63) is 89.3 Å². The molecule has 0 saturated carbocycles. The molecule has 0 aliphatic carbocycles. The lowest BCUT2D eigenvalue weighted by atomic mass is 9.85. The maximum atomic E-state index is 14.3. The number of urea groups is 1. The number of phenols is 1. The summed E-state index contributed by atoms with van der Waals surface area (Å²) in [5.74, 6) is 0.972. The quantitative estimate of drug-likeness (QED) is 0.109. The number of hydrogen-bond donors (Lipinski definition) is 5. The maximum Gasteiger partial charge on any atom is 0.318 e. The van der Waals surface area contributed by atoms with Gasteiger partial charge in [0, 0.05) is 81.8 Å². The molecule has 2 unspecified atom stereocenters. The zero-order valence-electron chi connectivity index (χ0n) is 41.7. The summed E-state index contributed by atoms with van der Waals surface area (Å²) in [5.41, 5.74) is 13.7. The van der Waals surface area contributed by atoms with Crippen molar-refractivity contribution in [2.45, 2.75) is 121 Å². The first kappa shape index (κ1) is 49.2. The number of carbonyl (C=O) groups excluding carboxylic acids is 3. The number of nitrogen functional groups attached to an aromatic ring is 1. The first-order chi connectivity index (χ1) is 34.7. The number of nitrogens with two attached hydrogens (primary N) is 1. The predicted molar refractivity (Wildman–Crippen MR) is 277 cm³/mol. The molecule has 4 amide bonds. The summed E-state index contributed by atoms with van der Waals surface area (Å²) >= 11 is 1.59. The second-order valence-electron chi connectivity index (χ2n) is 21.4. The van der Waals surface area contributed by atoms with E-state index >= 15 is 0 Å². The van der Waals surface area contributed by atoms with Gasteiger partial charge in [0.05, 0.1) is 33.6 Å². The van der Waals surface area contributed by atoms with Gasteiger partial charge in [-0.15, -0.1) is 21.5 Å². The molecule has 5 saturated heterocycles. The Morgan fingerprint density at radius 1 is 0.861 bits per heavy atom. The van der Waals surface area contributed by atoms with Crippen LogP contribution in [0.5, 0.6) is 5.75 Å². The highest BCUT2D eigenvalue weighted by Crippen LogP contribution is 2.39. The van der Waals surface area contributed by atoms with Gasteiger partial charge < -0.3 is 51.1 Å². The van der Waals surface area contributed by atoms with Crippen molar-refractivity contribution in [3.63, 3.8) is 0 Å². The van der Waals surface area contributed by atoms with E-state index in [9.17, 15) is 24.6 Å². The number of β-amino-alcohol motifs (C(OH)–C–C–N with tert-alkyl or cyclic N) is 1. The number of aryl methyl sites for hydroxylation is 1. The average Bonchev–Trinajstić information content (AvgIpc) is 4.08. The molecular formula is C53H67N13O5S. The van der Waals surface area contributed by atoms with Crippen LogP contribution in [0.4, 0.5) is 22.2 Å². The van der Waals surface area contributed by atoms with Crippen molar-refractivity contribution in [1.29, 1.82) is 0 Å². The van der Waals surface area contributed by atoms with Crippen molar-refractivity contribution < 1.29 is 24.6 Å². The number of nitrogens with zero attached hydrogens (tertiary/aromatic N) is 10. The largest absolute Gasteiger partial charge is 0.507 e. The van der Waals surface area contributed by atoms with E-state index in [0.717, 1.165) is 98.0 Å². The zero-order chi connectivity index (χ0) is 50.3. The SMILES string of the molecule is Cc1ncsc1-c1ccc(CNC(=O)[C@@H]2C[C@@H](O)CN2C(=O)[C@@H](NC(=O)N2CCC(N3CCC(c4cnc(N5C6CCC5CN(c5cc(-c7ccccc7O)nnc5N)C6)nc4)CC3)CC2)C(C)(C)C)cc1. The Morgan fingerprint density at radius 3 is 2.21 bits per heavy atom. The third-order valence-electron chi connectivity index (χ3n) is 15.6. The molecule has 380 valence electrons. The number of aromatic nitrogens is 5. The molecule has 3 aromatic heterocycles. The first-order valence-electron chi connectivity index (χ1n) is 25.5. The van der Waals surface area contributed by atoms with Gasteiger partial charge in [0.15, 0.2) is 5.82 Å². The summed E-state index contributed by atoms with van der Waals surface area (Å²) in [6, 6.07) is 15.8. The smallest absolute Gasteiger partial charge is 0.318 e. The highest BCUT2D eigenvalue weighted by Gasteiger charge is 2.46. The third-order valence-corrected chi connectivity index (χ3v) is 16.6. The predicted octanol–water partition coefficient (Wildman–Crippen LogP) is 5.56. The number of piperazine rings is 1. The van der Waals surface area contributed by atoms with Gasteiger partial charge in [-0.3, -0.25) is 9.59 Å². The number of phenolic OH excluding ortho intramolecular Hbond substituents is 1. The minimum absolute atomic E-state index is 0.0236. The van der Waals surface area contributed by atoms with E-state index in [1.165, 1.54) is 10.5 Å². The number of thiazole rings is 1. The molecule has 0 spiro atoms. The molecule has 0 radical (unpaired) electrons. The number of aliphatic hydroxyl groups excluding tert-OH is 1. The van der Waals surface area contributed by atoms with Gasteiger partial charge in [-0.2, -0.15) is 0 Å². The van der Waals surface area contributed by atoms with E-state index < -0.39 is 23.6 Å². The molecule has 5 atom stereocenters. The third kappa shape index (κ3) is 10.3. The zero-order valence-corrected chi connectivity index (χ0v) is 42.5. The molecule has 5 aliphatic heterocycles. The van der Waals surface area contributed by atoms with E-state index in [1.807, 2.05) is 93.0 Å². The van der Waals surface area contributed by atoms with Crippen molar-refractivity contribution in [3.8, 4) is 27.4 Å². The number of piperidine rings is 2. The summed E-state index contributed by atoms with van der Waals surface area (Å²) in [4.78, 5) is 67.7. The molecule has 6 N–H and O–H groups in total. The molecular weight excluding hydrogens is 931 g/mol. The summed E-state index contributed by atoms with van der Waals surface area (Å²) < 4.78 is 0. The van der Waals surface area contributed by atoms with Gasteiger partial charge in [0.25, 0.3) is 0 Å². The number of aromatic hydroxyl groups is 1. The summed E-state index contributed by atoms with van der Waals surface area (Å²) in [5, 5.41) is 35.8. The second-order valence-corrected chi connectivity index (χ2v) is 22.2. The van der Waals surface area contributed by atoms with Crippen LogP contribution in [0.2, 0.25) is 0 Å². The van der Waals surface area contributed by atoms with Gasteiger partial charge in [-0.1, -0.05) is 57.2 Å². The lowest BCUT2D eigenvalue weighted by Crippen LogP contribution is -2.60. The van der Waals surface area contributed by atoms with Crippen LogP contribution in [0.15, 0.2) is 72.5 Å². The van der Waals surface area contributed by atoms with Crippen molar-refractivity contribution >= 4 is 46.6 Å². The van der Waals surface area contributed by atoms with Crippen molar-refractivity contribution in [1.82, 2.24) is 50.5 Å². The molecule has 2 bridgehead atoms. The van der Waals surface area contributed by atoms with Gasteiger partial charge in [-0.05, 0) is 105 Å². The molecule has 5 fully saturated rings. The maximum absolute atomic E-state index is 14.3. The Morgan fingerprint density at radius 2 is 1.56 bits per heavy atom. The Hall–Kier alpha value is -6.44. The van der Waals surface area contributed by atoms with Crippen LogP contribution in [0.25, 0.3) is 21.7 Å². The fourth-order valence-electron chi connectivity index (χ4n) is 11.6. The fourth-order valence-corrected chi connectivity index (χ4v) is 12.4. The van der Waals surface area contributed by atoms with E-state index in [2.05, 4.69) is 40.5 Å². The highest BCUT2D eigenvalue weighted by molar-refractivity contribution is 7.13. The van der Waals surface area contributed by atoms with Crippen molar-refractivity contribution in [2.24, 2.45) is 5.41 Å². The van der Waals surface area contributed by atoms with E-state index in [4.69, 9.17) is 15.7 Å². The summed E-state index contributed by atoms with van der Waals surface area (Å²) in [7, 11) is 0. The van der Waals surface area contributed by atoms with Gasteiger partial charge in [0.2, 0.25) is 17.8 Å². The number of anilines is 3. The molecule has 10 rings (SSSR count). The van der Waals surface area contributed by atoms with Crippen LogP contribution >= 0.6 is 11.3 Å². The molecule has 72 heavy (non-hydrogen) atoms. The lowest BCUT2D eigenvalue weighted by Gasteiger charge is -2.43. The van der Waals surface area contributed by atoms with Crippen LogP contribution in [0, 0.1) is 12.3 Å². The minimum atomic E-state index is -0.898. The monoisotopic (exact) mass is 998 g/mol. The summed E-state index contributed by atoms with van der Waals surface area (Å²) in [6.45, 7) is 12.6. The topological polar surface area (TPSA) is 222 Å². The van der Waals surface area contributed by atoms with Gasteiger partial charge >= 0.3 is 6.03 Å². The molecule has 8 heterocycles. The standard InChI is InChI=1S/C53H67N13O5S/c1-32-46(72-31-58-32)35-11-9-33(10-12-35)25-55-49(69)44-23-40(67)30-65(44)50(70)47(53(2,3)4)59-52(71)63-21-17-37(18-22-63)62-19-15-34(16-20-62)36-26-56-51(57-27-36)66-38-13-14-39(66)29-64(28-38)43-24-42(60-61-48(43)54)41-7-5-6-8-45(41)68/h5-12,24,26-27,31,34,37-40,44,47,67-68H,13-23,25,28-30H2,1-4H3,(H2,54,61)(H,55,69)(H,59,71)/t38?,39?,40-,44+,47-/m1/s1. The summed E-state index contributed by atoms with van der Waals surface area (Å²) in [6.07, 6.45) is 9.12. The minimum Gasteiger partial charge on any atom is -0.507 e. The van der Waals surface area contributed by atoms with E-state index in [0.29, 0.717) is 42.1 Å². The molecule has 5 aromatic rings. The lowest BCUT2D eigenvalue weighted by molar-refractivity contribution is -0.142. The number of amides is 4. The molecule has 18 nitrogen and oxygen atoms in total. The number of benzene rings is 2. The Labute approximate surface area is 425 Å². The number of aliphatic hydroxyl groups is 1. The molecule has 2 aromatic carbocycles.